The highest BCUT2D eigenvalue weighted by molar-refractivity contribution is 6.31. The molecule has 0 radical (unpaired) electrons. The van der Waals surface area contributed by atoms with Crippen molar-refractivity contribution < 1.29 is 0 Å². The number of rotatable bonds is 3. The molecule has 0 amide bonds. The summed E-state index contributed by atoms with van der Waals surface area (Å²) in [7, 11) is 1.86. The van der Waals surface area contributed by atoms with Gasteiger partial charge in [0.05, 0.1) is 11.1 Å². The first-order valence-electron chi connectivity index (χ1n) is 3.68. The van der Waals surface area contributed by atoms with E-state index in [1.165, 1.54) is 0 Å². The molecule has 12 heavy (non-hydrogen) atoms. The van der Waals surface area contributed by atoms with Gasteiger partial charge in [-0.25, -0.2) is 0 Å². The highest BCUT2D eigenvalue weighted by Gasteiger charge is 2.07. The minimum atomic E-state index is 0.0977. The SMILES string of the molecule is C=CC(NC)c1ccncc1Cl. The Balaban J connectivity index is 3.00. The summed E-state index contributed by atoms with van der Waals surface area (Å²) in [5.74, 6) is 0. The van der Waals surface area contributed by atoms with Gasteiger partial charge in [-0.1, -0.05) is 17.7 Å². The van der Waals surface area contributed by atoms with Crippen LogP contribution in [0.1, 0.15) is 11.6 Å². The number of aromatic nitrogens is 1. The summed E-state index contributed by atoms with van der Waals surface area (Å²) in [6, 6.07) is 1.98. The van der Waals surface area contributed by atoms with Crippen LogP contribution in [0.4, 0.5) is 0 Å². The molecule has 0 aliphatic heterocycles. The Labute approximate surface area is 77.3 Å². The van der Waals surface area contributed by atoms with Crippen LogP contribution in [-0.4, -0.2) is 12.0 Å². The maximum Gasteiger partial charge on any atom is 0.0640 e. The molecule has 1 atom stereocenters. The Morgan fingerprint density at radius 1 is 1.75 bits per heavy atom. The Bertz CT molecular complexity index is 273. The first-order valence-corrected chi connectivity index (χ1v) is 4.06. The van der Waals surface area contributed by atoms with Gasteiger partial charge in [-0.3, -0.25) is 4.98 Å². The van der Waals surface area contributed by atoms with Gasteiger partial charge in [0.1, 0.15) is 0 Å². The summed E-state index contributed by atoms with van der Waals surface area (Å²) < 4.78 is 0. The third kappa shape index (κ3) is 1.84. The molecule has 1 unspecified atom stereocenters. The zero-order valence-corrected chi connectivity index (χ0v) is 7.67. The predicted octanol–water partition coefficient (Wildman–Crippen LogP) is 2.18. The molecule has 0 saturated heterocycles. The second kappa shape index (κ2) is 4.24. The second-order valence-corrected chi connectivity index (χ2v) is 2.81. The van der Waals surface area contributed by atoms with E-state index in [1.54, 1.807) is 18.5 Å². The van der Waals surface area contributed by atoms with E-state index in [4.69, 9.17) is 11.6 Å². The molecule has 0 aliphatic rings. The molecule has 0 aliphatic carbocycles. The van der Waals surface area contributed by atoms with E-state index in [0.717, 1.165) is 5.56 Å². The molecule has 3 heteroatoms. The van der Waals surface area contributed by atoms with Gasteiger partial charge >= 0.3 is 0 Å². The van der Waals surface area contributed by atoms with Gasteiger partial charge in [-0.05, 0) is 18.7 Å². The maximum atomic E-state index is 5.93. The second-order valence-electron chi connectivity index (χ2n) is 2.40. The van der Waals surface area contributed by atoms with Gasteiger partial charge in [-0.2, -0.15) is 0 Å². The standard InChI is InChI=1S/C9H11ClN2/c1-3-9(11-2)7-4-5-12-6-8(7)10/h3-6,9,11H,1H2,2H3. The normalized spacial score (nSPS) is 12.5. The van der Waals surface area contributed by atoms with Crippen LogP contribution in [0.2, 0.25) is 5.02 Å². The Morgan fingerprint density at radius 2 is 2.50 bits per heavy atom. The summed E-state index contributed by atoms with van der Waals surface area (Å²) >= 11 is 5.93. The van der Waals surface area contributed by atoms with Gasteiger partial charge in [-0.15, -0.1) is 6.58 Å². The molecule has 1 heterocycles. The molecule has 0 saturated carbocycles. The lowest BCUT2D eigenvalue weighted by molar-refractivity contribution is 0.715. The van der Waals surface area contributed by atoms with Crippen molar-refractivity contribution in [3.8, 4) is 0 Å². The van der Waals surface area contributed by atoms with Crippen molar-refractivity contribution in [1.82, 2.24) is 10.3 Å². The first-order chi connectivity index (χ1) is 5.79. The van der Waals surface area contributed by atoms with Crippen molar-refractivity contribution in [2.75, 3.05) is 7.05 Å². The van der Waals surface area contributed by atoms with Crippen molar-refractivity contribution >= 4 is 11.6 Å². The summed E-state index contributed by atoms with van der Waals surface area (Å²) in [6.07, 6.45) is 5.15. The van der Waals surface area contributed by atoms with Gasteiger partial charge in [0, 0.05) is 12.4 Å². The summed E-state index contributed by atoms with van der Waals surface area (Å²) in [5.41, 5.74) is 1.00. The predicted molar refractivity (Wildman–Crippen MR) is 51.2 cm³/mol. The van der Waals surface area contributed by atoms with Crippen LogP contribution in [0.3, 0.4) is 0 Å². The maximum absolute atomic E-state index is 5.93. The third-order valence-electron chi connectivity index (χ3n) is 1.69. The lowest BCUT2D eigenvalue weighted by Crippen LogP contribution is -2.13. The van der Waals surface area contributed by atoms with Crippen LogP contribution in [0.5, 0.6) is 0 Å². The number of nitrogens with zero attached hydrogens (tertiary/aromatic N) is 1. The Kier molecular flexibility index (Phi) is 3.26. The Morgan fingerprint density at radius 3 is 3.00 bits per heavy atom. The number of hydrogen-bond donors (Lipinski definition) is 1. The number of nitrogens with one attached hydrogen (secondary N) is 1. The van der Waals surface area contributed by atoms with E-state index in [9.17, 15) is 0 Å². The van der Waals surface area contributed by atoms with Crippen molar-refractivity contribution in [3.63, 3.8) is 0 Å². The quantitative estimate of drug-likeness (QED) is 0.725. The lowest BCUT2D eigenvalue weighted by Gasteiger charge is -2.12. The van der Waals surface area contributed by atoms with Crippen LogP contribution in [0.15, 0.2) is 31.1 Å². The van der Waals surface area contributed by atoms with Crippen LogP contribution >= 0.6 is 11.6 Å². The van der Waals surface area contributed by atoms with Crippen LogP contribution in [-0.2, 0) is 0 Å². The average Bonchev–Trinajstić information content (AvgIpc) is 2.10. The molecule has 64 valence electrons. The van der Waals surface area contributed by atoms with Crippen LogP contribution < -0.4 is 5.32 Å². The minimum Gasteiger partial charge on any atom is -0.310 e. The highest BCUT2D eigenvalue weighted by atomic mass is 35.5. The fourth-order valence-electron chi connectivity index (χ4n) is 1.04. The first kappa shape index (κ1) is 9.23. The molecule has 1 aromatic rings. The summed E-state index contributed by atoms with van der Waals surface area (Å²) in [4.78, 5) is 3.90. The average molecular weight is 183 g/mol. The zero-order chi connectivity index (χ0) is 8.97. The van der Waals surface area contributed by atoms with Crippen molar-refractivity contribution in [3.05, 3.63) is 41.7 Å². The molecule has 1 N–H and O–H groups in total. The minimum absolute atomic E-state index is 0.0977. The van der Waals surface area contributed by atoms with Crippen molar-refractivity contribution in [1.29, 1.82) is 0 Å². The van der Waals surface area contributed by atoms with E-state index < -0.39 is 0 Å². The smallest absolute Gasteiger partial charge is 0.0640 e. The molecule has 1 aromatic heterocycles. The summed E-state index contributed by atoms with van der Waals surface area (Å²) in [5, 5.41) is 3.74. The van der Waals surface area contributed by atoms with Gasteiger partial charge in [0.2, 0.25) is 0 Å². The summed E-state index contributed by atoms with van der Waals surface area (Å²) in [6.45, 7) is 3.71. The molecule has 0 bridgehead atoms. The molecule has 0 aromatic carbocycles. The molecule has 1 rings (SSSR count). The molecule has 0 spiro atoms. The molecule has 0 fully saturated rings. The van der Waals surface area contributed by atoms with Crippen LogP contribution in [0.25, 0.3) is 0 Å². The molecular weight excluding hydrogens is 172 g/mol. The van der Waals surface area contributed by atoms with E-state index in [0.29, 0.717) is 5.02 Å². The van der Waals surface area contributed by atoms with Crippen molar-refractivity contribution in [2.45, 2.75) is 6.04 Å². The number of pyridine rings is 1. The van der Waals surface area contributed by atoms with Crippen LogP contribution in [0, 0.1) is 0 Å². The van der Waals surface area contributed by atoms with E-state index in [2.05, 4.69) is 16.9 Å². The number of hydrogen-bond acceptors (Lipinski definition) is 2. The van der Waals surface area contributed by atoms with Crippen molar-refractivity contribution in [2.24, 2.45) is 0 Å². The molecular formula is C9H11ClN2. The van der Waals surface area contributed by atoms with E-state index in [1.807, 2.05) is 13.1 Å². The monoisotopic (exact) mass is 182 g/mol. The van der Waals surface area contributed by atoms with Gasteiger partial charge in [0.25, 0.3) is 0 Å². The third-order valence-corrected chi connectivity index (χ3v) is 2.00. The van der Waals surface area contributed by atoms with Gasteiger partial charge in [0.15, 0.2) is 0 Å². The lowest BCUT2D eigenvalue weighted by atomic mass is 10.1. The Hall–Kier alpha value is -0.860. The fourth-order valence-corrected chi connectivity index (χ4v) is 1.28. The fraction of sp³-hybridized carbons (Fsp3) is 0.222. The molecule has 2 nitrogen and oxygen atoms in total. The van der Waals surface area contributed by atoms with E-state index in [-0.39, 0.29) is 6.04 Å². The largest absolute Gasteiger partial charge is 0.310 e. The zero-order valence-electron chi connectivity index (χ0n) is 6.92. The number of halogens is 1. The highest BCUT2D eigenvalue weighted by Crippen LogP contribution is 2.21. The number of likely N-dealkylation sites (N-methyl/N-ethyl adjacent to an activating group) is 1. The van der Waals surface area contributed by atoms with E-state index >= 15 is 0 Å². The topological polar surface area (TPSA) is 24.9 Å². The van der Waals surface area contributed by atoms with Gasteiger partial charge < -0.3 is 5.32 Å².